The first-order valence-corrected chi connectivity index (χ1v) is 14.7. The smallest absolute Gasteiger partial charge is 0.282 e. The summed E-state index contributed by atoms with van der Waals surface area (Å²) >= 11 is 0. The molecule has 0 aromatic heterocycles. The predicted molar refractivity (Wildman–Crippen MR) is 131 cm³/mol. The Labute approximate surface area is 189 Å². The van der Waals surface area contributed by atoms with Crippen molar-refractivity contribution in [3.63, 3.8) is 0 Å². The van der Waals surface area contributed by atoms with Gasteiger partial charge in [-0.25, -0.2) is 0 Å². The normalized spacial score (nSPS) is 19.1. The molecule has 2 aliphatic carbocycles. The van der Waals surface area contributed by atoms with Crippen LogP contribution in [-0.4, -0.2) is 24.3 Å². The van der Waals surface area contributed by atoms with Crippen LogP contribution in [0.1, 0.15) is 75.3 Å². The van der Waals surface area contributed by atoms with Crippen molar-refractivity contribution in [1.29, 1.82) is 0 Å². The van der Waals surface area contributed by atoms with E-state index in [0.29, 0.717) is 0 Å². The van der Waals surface area contributed by atoms with Crippen LogP contribution in [0.15, 0.2) is 41.3 Å². The van der Waals surface area contributed by atoms with E-state index in [1.807, 2.05) is 13.8 Å². The zero-order valence-corrected chi connectivity index (χ0v) is 20.5. The van der Waals surface area contributed by atoms with Crippen molar-refractivity contribution in [2.75, 3.05) is 0 Å². The van der Waals surface area contributed by atoms with Gasteiger partial charge in [0.25, 0.3) is 10.1 Å². The monoisotopic (exact) mass is 458 g/mol. The van der Waals surface area contributed by atoms with Gasteiger partial charge in [-0.05, 0) is 90.5 Å². The highest BCUT2D eigenvalue weighted by Crippen LogP contribution is 2.56. The highest BCUT2D eigenvalue weighted by atomic mass is 32.2. The minimum Gasteiger partial charge on any atom is -0.282 e. The molecule has 0 heterocycles. The Kier molecular flexibility index (Phi) is 7.20. The van der Waals surface area contributed by atoms with Crippen LogP contribution in [0.3, 0.4) is 0 Å². The van der Waals surface area contributed by atoms with Crippen molar-refractivity contribution in [2.24, 2.45) is 0 Å². The van der Waals surface area contributed by atoms with Crippen LogP contribution < -0.4 is 5.30 Å². The van der Waals surface area contributed by atoms with Gasteiger partial charge >= 0.3 is 0 Å². The number of hydrogen-bond acceptors (Lipinski definition) is 2. The lowest BCUT2D eigenvalue weighted by atomic mass is 9.96. The van der Waals surface area contributed by atoms with Gasteiger partial charge in [-0.15, -0.1) is 0 Å². The van der Waals surface area contributed by atoms with Crippen LogP contribution >= 0.6 is 7.92 Å². The molecule has 0 bridgehead atoms. The number of benzene rings is 2. The molecule has 0 unspecified atom stereocenters. The first kappa shape index (κ1) is 23.0. The average molecular weight is 459 g/mol. The molecule has 0 aliphatic heterocycles. The average Bonchev–Trinajstić information content (AvgIpc) is 2.75. The van der Waals surface area contributed by atoms with Crippen LogP contribution in [0.5, 0.6) is 0 Å². The van der Waals surface area contributed by atoms with Crippen molar-refractivity contribution in [2.45, 2.75) is 94.3 Å². The summed E-state index contributed by atoms with van der Waals surface area (Å²) in [6, 6.07) is 12.1. The van der Waals surface area contributed by atoms with Gasteiger partial charge in [0.1, 0.15) is 0 Å². The van der Waals surface area contributed by atoms with E-state index in [2.05, 4.69) is 24.3 Å². The van der Waals surface area contributed by atoms with E-state index in [9.17, 15) is 13.0 Å². The van der Waals surface area contributed by atoms with Crippen LogP contribution in [0.2, 0.25) is 0 Å². The molecule has 0 atom stereocenters. The number of aryl methyl sites for hydroxylation is 2. The van der Waals surface area contributed by atoms with Crippen molar-refractivity contribution < 1.29 is 13.0 Å². The Morgan fingerprint density at radius 1 is 0.806 bits per heavy atom. The van der Waals surface area contributed by atoms with E-state index in [1.54, 1.807) is 12.1 Å². The summed E-state index contributed by atoms with van der Waals surface area (Å²) < 4.78 is 33.0. The van der Waals surface area contributed by atoms with E-state index < -0.39 is 10.1 Å². The van der Waals surface area contributed by atoms with Crippen molar-refractivity contribution in [3.05, 3.63) is 47.5 Å². The molecule has 2 saturated carbocycles. The van der Waals surface area contributed by atoms with E-state index in [0.717, 1.165) is 28.0 Å². The van der Waals surface area contributed by atoms with Crippen LogP contribution in [0.25, 0.3) is 11.1 Å². The summed E-state index contributed by atoms with van der Waals surface area (Å²) in [5, 5.41) is 1.52. The first-order chi connectivity index (χ1) is 14.9. The lowest BCUT2D eigenvalue weighted by molar-refractivity contribution is 0.483. The minimum absolute atomic E-state index is 0.00874. The topological polar surface area (TPSA) is 54.4 Å². The molecule has 2 aliphatic rings. The molecular formula is C26H35O3PS. The summed E-state index contributed by atoms with van der Waals surface area (Å²) in [7, 11) is -4.46. The standard InChI is InChI=1S/C26H35O3PS/c1-19-17-23(31(27,28)29)18-20(2)26(19)24-15-9-10-16-25(24)30(21-11-5-3-6-12-21)22-13-7-4-8-14-22/h9-10,15-18,21-22H,3-8,11-14H2,1-2H3,(H,27,28,29). The molecule has 0 radical (unpaired) electrons. The zero-order valence-electron chi connectivity index (χ0n) is 18.8. The summed E-state index contributed by atoms with van der Waals surface area (Å²) in [5.41, 5.74) is 5.88. The molecule has 2 fully saturated rings. The highest BCUT2D eigenvalue weighted by molar-refractivity contribution is 7.85. The highest BCUT2D eigenvalue weighted by Gasteiger charge is 2.34. The fourth-order valence-corrected chi connectivity index (χ4v) is 10.4. The molecule has 168 valence electrons. The SMILES string of the molecule is Cc1cc(S(=O)(=O)O)cc(C)c1-c1ccccc1P(C1CCCCC1)C1CCCCC1. The maximum absolute atomic E-state index is 11.7. The Bertz CT molecular complexity index is 978. The quantitative estimate of drug-likeness (QED) is 0.388. The van der Waals surface area contributed by atoms with Gasteiger partial charge in [-0.1, -0.05) is 70.7 Å². The Hall–Kier alpha value is -1.22. The van der Waals surface area contributed by atoms with Gasteiger partial charge < -0.3 is 0 Å². The summed E-state index contributed by atoms with van der Waals surface area (Å²) in [5.74, 6) is 0. The second-order valence-electron chi connectivity index (χ2n) is 9.42. The van der Waals surface area contributed by atoms with Gasteiger partial charge in [-0.2, -0.15) is 8.42 Å². The molecule has 0 amide bonds. The lowest BCUT2D eigenvalue weighted by Crippen LogP contribution is -2.27. The molecule has 3 nitrogen and oxygen atoms in total. The molecule has 1 N–H and O–H groups in total. The Morgan fingerprint density at radius 2 is 1.29 bits per heavy atom. The third kappa shape index (κ3) is 5.07. The van der Waals surface area contributed by atoms with Gasteiger partial charge in [0.05, 0.1) is 4.90 Å². The van der Waals surface area contributed by atoms with Crippen LogP contribution in [-0.2, 0) is 10.1 Å². The van der Waals surface area contributed by atoms with Gasteiger partial charge in [0, 0.05) is 0 Å². The fraction of sp³-hybridized carbons (Fsp3) is 0.538. The molecule has 5 heteroatoms. The van der Waals surface area contributed by atoms with Crippen LogP contribution in [0.4, 0.5) is 0 Å². The zero-order chi connectivity index (χ0) is 22.0. The van der Waals surface area contributed by atoms with Crippen molar-refractivity contribution >= 4 is 23.3 Å². The second-order valence-corrected chi connectivity index (χ2v) is 13.6. The van der Waals surface area contributed by atoms with Gasteiger partial charge in [0.15, 0.2) is 0 Å². The van der Waals surface area contributed by atoms with Gasteiger partial charge in [0.2, 0.25) is 0 Å². The summed E-state index contributed by atoms with van der Waals surface area (Å²) in [6.07, 6.45) is 13.6. The minimum atomic E-state index is -4.20. The second kappa shape index (κ2) is 9.73. The molecule has 2 aromatic rings. The Morgan fingerprint density at radius 3 is 1.77 bits per heavy atom. The van der Waals surface area contributed by atoms with Crippen LogP contribution in [0, 0.1) is 13.8 Å². The molecule has 2 aromatic carbocycles. The van der Waals surface area contributed by atoms with Crippen molar-refractivity contribution in [3.8, 4) is 11.1 Å². The van der Waals surface area contributed by atoms with Crippen molar-refractivity contribution in [1.82, 2.24) is 0 Å². The molecular weight excluding hydrogens is 423 g/mol. The number of rotatable bonds is 5. The molecule has 0 spiro atoms. The van der Waals surface area contributed by atoms with Gasteiger partial charge in [-0.3, -0.25) is 4.55 Å². The van der Waals surface area contributed by atoms with E-state index in [1.165, 1.54) is 75.1 Å². The fourth-order valence-electron chi connectivity index (χ4n) is 5.82. The molecule has 0 saturated heterocycles. The third-order valence-electron chi connectivity index (χ3n) is 7.19. The third-order valence-corrected chi connectivity index (χ3v) is 11.6. The summed E-state index contributed by atoms with van der Waals surface area (Å²) in [4.78, 5) is -0.00874. The first-order valence-electron chi connectivity index (χ1n) is 11.8. The largest absolute Gasteiger partial charge is 0.294 e. The van der Waals surface area contributed by atoms with E-state index in [4.69, 9.17) is 0 Å². The Balaban J connectivity index is 1.83. The van der Waals surface area contributed by atoms with E-state index >= 15 is 0 Å². The number of hydrogen-bond donors (Lipinski definition) is 1. The molecule has 4 rings (SSSR count). The predicted octanol–water partition coefficient (Wildman–Crippen LogP) is 6.99. The van der Waals surface area contributed by atoms with E-state index in [-0.39, 0.29) is 12.8 Å². The maximum atomic E-state index is 11.7. The maximum Gasteiger partial charge on any atom is 0.294 e. The molecule has 31 heavy (non-hydrogen) atoms. The lowest BCUT2D eigenvalue weighted by Gasteiger charge is -2.39. The summed E-state index contributed by atoms with van der Waals surface area (Å²) in [6.45, 7) is 3.94.